The van der Waals surface area contributed by atoms with Crippen LogP contribution in [-0.2, 0) is 9.84 Å². The molecule has 1 unspecified atom stereocenters. The monoisotopic (exact) mass is 243 g/mol. The zero-order valence-electron chi connectivity index (χ0n) is 8.14. The molecule has 1 aromatic rings. The Morgan fingerprint density at radius 1 is 1.53 bits per heavy atom. The minimum absolute atomic E-state index is 0.0190. The van der Waals surface area contributed by atoms with Crippen LogP contribution in [0.25, 0.3) is 0 Å². The van der Waals surface area contributed by atoms with E-state index in [9.17, 15) is 8.42 Å². The van der Waals surface area contributed by atoms with Crippen LogP contribution >= 0.6 is 11.6 Å². The van der Waals surface area contributed by atoms with Crippen LogP contribution in [0.4, 0.5) is 0 Å². The highest BCUT2D eigenvalue weighted by Crippen LogP contribution is 2.21. The molecule has 0 amide bonds. The summed E-state index contributed by atoms with van der Waals surface area (Å²) in [5.74, 6) is 0. The average Bonchev–Trinajstić information content (AvgIpc) is 2.18. The fourth-order valence-corrected chi connectivity index (χ4v) is 2.69. The quantitative estimate of drug-likeness (QED) is 0.819. The van der Waals surface area contributed by atoms with Crippen molar-refractivity contribution in [2.75, 3.05) is 0 Å². The minimum Gasteiger partial charge on any atom is -0.223 e. The molecule has 1 atom stereocenters. The standard InChI is InChI=1S/C10H10ClNO2S/c1-8(5-6-12)15(13,14)10-4-2-3-9(11)7-10/h2-4,7-8H,5H2,1H3. The zero-order chi connectivity index (χ0) is 11.5. The van der Waals surface area contributed by atoms with Gasteiger partial charge in [0.15, 0.2) is 9.84 Å². The summed E-state index contributed by atoms with van der Waals surface area (Å²) >= 11 is 5.70. The lowest BCUT2D eigenvalue weighted by atomic mass is 10.4. The first kappa shape index (κ1) is 12.0. The van der Waals surface area contributed by atoms with Gasteiger partial charge < -0.3 is 0 Å². The highest BCUT2D eigenvalue weighted by Gasteiger charge is 2.22. The van der Waals surface area contributed by atoms with Gasteiger partial charge in [-0.05, 0) is 25.1 Å². The molecule has 80 valence electrons. The molecule has 0 aliphatic carbocycles. The summed E-state index contributed by atoms with van der Waals surface area (Å²) in [6, 6.07) is 7.91. The predicted octanol–water partition coefficient (Wildman–Crippen LogP) is 2.42. The largest absolute Gasteiger partial charge is 0.223 e. The van der Waals surface area contributed by atoms with Gasteiger partial charge in [0, 0.05) is 5.02 Å². The number of nitrogens with zero attached hydrogens (tertiary/aromatic N) is 1. The second-order valence-electron chi connectivity index (χ2n) is 3.18. The molecule has 0 N–H and O–H groups in total. The van der Waals surface area contributed by atoms with Crippen molar-refractivity contribution >= 4 is 21.4 Å². The van der Waals surface area contributed by atoms with Gasteiger partial charge in [0.2, 0.25) is 0 Å². The van der Waals surface area contributed by atoms with E-state index in [1.807, 2.05) is 6.07 Å². The first-order chi connectivity index (χ1) is 6.98. The molecule has 5 heteroatoms. The molecule has 1 aromatic carbocycles. The summed E-state index contributed by atoms with van der Waals surface area (Å²) in [6.45, 7) is 1.51. The third-order valence-electron chi connectivity index (χ3n) is 2.03. The van der Waals surface area contributed by atoms with Crippen molar-refractivity contribution in [3.8, 4) is 6.07 Å². The van der Waals surface area contributed by atoms with Crippen LogP contribution < -0.4 is 0 Å². The van der Waals surface area contributed by atoms with Crippen molar-refractivity contribution in [2.45, 2.75) is 23.5 Å². The maximum atomic E-state index is 11.9. The average molecular weight is 244 g/mol. The molecule has 0 saturated heterocycles. The smallest absolute Gasteiger partial charge is 0.182 e. The van der Waals surface area contributed by atoms with E-state index in [0.29, 0.717) is 5.02 Å². The van der Waals surface area contributed by atoms with Crippen LogP contribution in [0.3, 0.4) is 0 Å². The number of halogens is 1. The third-order valence-corrected chi connectivity index (χ3v) is 4.41. The van der Waals surface area contributed by atoms with E-state index in [1.54, 1.807) is 12.1 Å². The number of benzene rings is 1. The van der Waals surface area contributed by atoms with Crippen LogP contribution in [0, 0.1) is 11.3 Å². The molecule has 0 spiro atoms. The van der Waals surface area contributed by atoms with Gasteiger partial charge in [-0.25, -0.2) is 8.42 Å². The Balaban J connectivity index is 3.13. The van der Waals surface area contributed by atoms with Crippen molar-refractivity contribution in [2.24, 2.45) is 0 Å². The van der Waals surface area contributed by atoms with Gasteiger partial charge in [-0.3, -0.25) is 0 Å². The molecule has 0 aliphatic rings. The highest BCUT2D eigenvalue weighted by molar-refractivity contribution is 7.92. The van der Waals surface area contributed by atoms with Crippen molar-refractivity contribution in [1.82, 2.24) is 0 Å². The van der Waals surface area contributed by atoms with Crippen LogP contribution in [0.1, 0.15) is 13.3 Å². The number of hydrogen-bond donors (Lipinski definition) is 0. The second-order valence-corrected chi connectivity index (χ2v) is 5.98. The molecular weight excluding hydrogens is 234 g/mol. The van der Waals surface area contributed by atoms with E-state index in [4.69, 9.17) is 16.9 Å². The number of sulfone groups is 1. The van der Waals surface area contributed by atoms with E-state index >= 15 is 0 Å². The highest BCUT2D eigenvalue weighted by atomic mass is 35.5. The Bertz CT molecular complexity index is 490. The Hall–Kier alpha value is -1.05. The van der Waals surface area contributed by atoms with E-state index in [-0.39, 0.29) is 11.3 Å². The molecule has 3 nitrogen and oxygen atoms in total. The van der Waals surface area contributed by atoms with E-state index in [2.05, 4.69) is 0 Å². The summed E-state index contributed by atoms with van der Waals surface area (Å²) < 4.78 is 23.7. The number of rotatable bonds is 3. The van der Waals surface area contributed by atoms with Gasteiger partial charge in [0.05, 0.1) is 22.6 Å². The lowest BCUT2D eigenvalue weighted by Crippen LogP contribution is -2.17. The molecule has 0 aliphatic heterocycles. The zero-order valence-corrected chi connectivity index (χ0v) is 9.72. The molecule has 15 heavy (non-hydrogen) atoms. The van der Waals surface area contributed by atoms with Gasteiger partial charge in [-0.15, -0.1) is 0 Å². The van der Waals surface area contributed by atoms with Gasteiger partial charge in [-0.2, -0.15) is 5.26 Å². The van der Waals surface area contributed by atoms with Crippen LogP contribution in [0.2, 0.25) is 5.02 Å². The maximum Gasteiger partial charge on any atom is 0.182 e. The van der Waals surface area contributed by atoms with Crippen LogP contribution in [0.5, 0.6) is 0 Å². The maximum absolute atomic E-state index is 11.9. The molecule has 0 radical (unpaired) electrons. The third kappa shape index (κ3) is 2.71. The SMILES string of the molecule is CC(CC#N)S(=O)(=O)c1cccc(Cl)c1. The molecule has 0 saturated carbocycles. The summed E-state index contributed by atoms with van der Waals surface area (Å²) in [5.41, 5.74) is 0. The fourth-order valence-electron chi connectivity index (χ4n) is 1.11. The van der Waals surface area contributed by atoms with Gasteiger partial charge in [-0.1, -0.05) is 17.7 Å². The van der Waals surface area contributed by atoms with Crippen molar-refractivity contribution < 1.29 is 8.42 Å². The lowest BCUT2D eigenvalue weighted by Gasteiger charge is -2.09. The summed E-state index contributed by atoms with van der Waals surface area (Å²) in [6.07, 6.45) is -0.0190. The van der Waals surface area contributed by atoms with E-state index < -0.39 is 15.1 Å². The van der Waals surface area contributed by atoms with E-state index in [0.717, 1.165) is 0 Å². The Kier molecular flexibility index (Phi) is 3.72. The van der Waals surface area contributed by atoms with Crippen LogP contribution in [-0.4, -0.2) is 13.7 Å². The Morgan fingerprint density at radius 2 is 2.20 bits per heavy atom. The predicted molar refractivity (Wildman–Crippen MR) is 58.3 cm³/mol. The van der Waals surface area contributed by atoms with E-state index in [1.165, 1.54) is 19.1 Å². The second kappa shape index (κ2) is 4.65. The number of nitriles is 1. The molecule has 0 fully saturated rings. The molecular formula is C10H10ClNO2S. The Morgan fingerprint density at radius 3 is 2.73 bits per heavy atom. The van der Waals surface area contributed by atoms with Crippen LogP contribution in [0.15, 0.2) is 29.2 Å². The topological polar surface area (TPSA) is 57.9 Å². The normalized spacial score (nSPS) is 13.1. The van der Waals surface area contributed by atoms with Crippen molar-refractivity contribution in [3.63, 3.8) is 0 Å². The lowest BCUT2D eigenvalue weighted by molar-refractivity contribution is 0.584. The molecule has 0 bridgehead atoms. The van der Waals surface area contributed by atoms with Gasteiger partial charge in [0.1, 0.15) is 0 Å². The summed E-state index contributed by atoms with van der Waals surface area (Å²) in [5, 5.41) is 8.13. The minimum atomic E-state index is -3.43. The molecule has 1 rings (SSSR count). The van der Waals surface area contributed by atoms with Gasteiger partial charge >= 0.3 is 0 Å². The van der Waals surface area contributed by atoms with Gasteiger partial charge in [0.25, 0.3) is 0 Å². The molecule has 0 heterocycles. The fraction of sp³-hybridized carbons (Fsp3) is 0.300. The summed E-state index contributed by atoms with van der Waals surface area (Å²) in [4.78, 5) is 0.165. The number of hydrogen-bond acceptors (Lipinski definition) is 3. The Labute approximate surface area is 94.2 Å². The van der Waals surface area contributed by atoms with Crippen molar-refractivity contribution in [1.29, 1.82) is 5.26 Å². The van der Waals surface area contributed by atoms with Crippen molar-refractivity contribution in [3.05, 3.63) is 29.3 Å². The molecule has 0 aromatic heterocycles. The summed E-state index contributed by atoms with van der Waals surface area (Å²) in [7, 11) is -3.43. The first-order valence-corrected chi connectivity index (χ1v) is 6.27. The first-order valence-electron chi connectivity index (χ1n) is 4.35.